The number of benzene rings is 1. The second-order valence-corrected chi connectivity index (χ2v) is 8.16. The number of nitrogens with zero attached hydrogens (tertiary/aromatic N) is 2. The lowest BCUT2D eigenvalue weighted by molar-refractivity contribution is 0.0722. The van der Waals surface area contributed by atoms with Gasteiger partial charge < -0.3 is 14.9 Å². The smallest absolute Gasteiger partial charge is 0.298 e. The molecule has 27 heavy (non-hydrogen) atoms. The maximum absolute atomic E-state index is 13.0. The fraction of sp³-hybridized carbons (Fsp3) is 0.278. The lowest BCUT2D eigenvalue weighted by atomic mass is 10.2. The van der Waals surface area contributed by atoms with Gasteiger partial charge in [-0.15, -0.1) is 0 Å². The predicted octanol–water partition coefficient (Wildman–Crippen LogP) is 1.83. The van der Waals surface area contributed by atoms with Crippen molar-refractivity contribution in [1.29, 1.82) is 0 Å². The van der Waals surface area contributed by atoms with Crippen LogP contribution >= 0.6 is 0 Å². The number of hydrogen-bond acceptors (Lipinski definition) is 6. The zero-order valence-corrected chi connectivity index (χ0v) is 15.5. The zero-order valence-electron chi connectivity index (χ0n) is 14.7. The van der Waals surface area contributed by atoms with Crippen LogP contribution in [0.3, 0.4) is 0 Å². The van der Waals surface area contributed by atoms with Crippen LogP contribution < -0.4 is 5.73 Å². The number of para-hydroxylation sites is 1. The molecule has 1 saturated heterocycles. The third-order valence-electron chi connectivity index (χ3n) is 4.72. The number of nitrogen functional groups attached to an aromatic ring is 1. The normalized spacial score (nSPS) is 16.0. The summed E-state index contributed by atoms with van der Waals surface area (Å²) in [7, 11) is -3.80. The minimum absolute atomic E-state index is 0.0642. The second kappa shape index (κ2) is 6.52. The number of sulfonamides is 1. The van der Waals surface area contributed by atoms with E-state index in [1.807, 2.05) is 12.1 Å². The molecular formula is C18H19N3O5S. The quantitative estimate of drug-likeness (QED) is 0.732. The highest BCUT2D eigenvalue weighted by atomic mass is 32.2. The number of nitrogens with two attached hydrogens (primary N) is 1. The molecule has 8 nitrogen and oxygen atoms in total. The van der Waals surface area contributed by atoms with E-state index in [2.05, 4.69) is 0 Å². The van der Waals surface area contributed by atoms with Crippen molar-refractivity contribution < 1.29 is 22.4 Å². The van der Waals surface area contributed by atoms with Crippen molar-refractivity contribution in [1.82, 2.24) is 8.87 Å². The second-order valence-electron chi connectivity index (χ2n) is 6.29. The molecule has 0 saturated carbocycles. The average molecular weight is 389 g/mol. The van der Waals surface area contributed by atoms with Gasteiger partial charge in [-0.1, -0.05) is 18.2 Å². The number of aromatic nitrogens is 1. The van der Waals surface area contributed by atoms with Crippen LogP contribution in [0.15, 0.2) is 45.9 Å². The molecule has 0 spiro atoms. The number of carbonyl (C=O) groups is 1. The highest BCUT2D eigenvalue weighted by Crippen LogP contribution is 2.29. The van der Waals surface area contributed by atoms with Crippen LogP contribution in [0, 0.1) is 6.92 Å². The van der Waals surface area contributed by atoms with Crippen molar-refractivity contribution in [3.8, 4) is 0 Å². The summed E-state index contributed by atoms with van der Waals surface area (Å²) in [5.74, 6) is -0.533. The summed E-state index contributed by atoms with van der Waals surface area (Å²) in [6.45, 7) is 2.91. The molecule has 1 aromatic carbocycles. The number of fused-ring (bicyclic) bond motifs is 1. The van der Waals surface area contributed by atoms with Gasteiger partial charge in [-0.05, 0) is 25.1 Å². The number of rotatable bonds is 3. The van der Waals surface area contributed by atoms with Crippen LogP contribution in [0.5, 0.6) is 0 Å². The number of ether oxygens (including phenoxy) is 1. The number of morpholine rings is 1. The van der Waals surface area contributed by atoms with Crippen molar-refractivity contribution in [3.05, 3.63) is 47.9 Å². The van der Waals surface area contributed by atoms with Gasteiger partial charge in [0.1, 0.15) is 0 Å². The fourth-order valence-corrected chi connectivity index (χ4v) is 4.57. The molecule has 1 aliphatic heterocycles. The Kier molecular flexibility index (Phi) is 4.29. The van der Waals surface area contributed by atoms with E-state index < -0.39 is 15.9 Å². The van der Waals surface area contributed by atoms with Crippen LogP contribution in [0.4, 0.5) is 5.69 Å². The summed E-state index contributed by atoms with van der Waals surface area (Å²) < 4.78 is 38.7. The molecule has 1 fully saturated rings. The van der Waals surface area contributed by atoms with Gasteiger partial charge in [0.2, 0.25) is 5.09 Å². The molecule has 3 aromatic rings. The molecule has 2 aromatic heterocycles. The first kappa shape index (κ1) is 17.8. The van der Waals surface area contributed by atoms with E-state index in [4.69, 9.17) is 14.9 Å². The molecule has 2 N–H and O–H groups in total. The average Bonchev–Trinajstić information content (AvgIpc) is 3.28. The lowest BCUT2D eigenvalue weighted by Crippen LogP contribution is -2.40. The topological polar surface area (TPSA) is 108 Å². The first-order chi connectivity index (χ1) is 12.9. The molecule has 0 unspecified atom stereocenters. The van der Waals surface area contributed by atoms with Crippen LogP contribution in [0.25, 0.3) is 10.9 Å². The van der Waals surface area contributed by atoms with Gasteiger partial charge in [0.15, 0.2) is 5.76 Å². The maximum atomic E-state index is 13.0. The first-order valence-electron chi connectivity index (χ1n) is 8.49. The third kappa shape index (κ3) is 2.84. The minimum atomic E-state index is -3.80. The Hall–Kier alpha value is -2.62. The van der Waals surface area contributed by atoms with Crippen LogP contribution in [0.2, 0.25) is 0 Å². The van der Waals surface area contributed by atoms with Crippen molar-refractivity contribution in [3.63, 3.8) is 0 Å². The highest BCUT2D eigenvalue weighted by molar-refractivity contribution is 7.89. The summed E-state index contributed by atoms with van der Waals surface area (Å²) in [6, 6.07) is 9.94. The van der Waals surface area contributed by atoms with Crippen molar-refractivity contribution in [2.45, 2.75) is 12.0 Å². The Bertz CT molecular complexity index is 1120. The maximum Gasteiger partial charge on any atom is 0.298 e. The van der Waals surface area contributed by atoms with E-state index in [0.717, 1.165) is 5.39 Å². The number of anilines is 1. The van der Waals surface area contributed by atoms with Gasteiger partial charge in [0.25, 0.3) is 15.9 Å². The SMILES string of the molecule is Cc1c(N)c2ccccc2n1C(=O)c1ccc(S(=O)(=O)N2CCOCC2)o1. The van der Waals surface area contributed by atoms with E-state index in [0.29, 0.717) is 30.1 Å². The monoisotopic (exact) mass is 389 g/mol. The number of carbonyl (C=O) groups excluding carboxylic acids is 1. The fourth-order valence-electron chi connectivity index (χ4n) is 3.25. The van der Waals surface area contributed by atoms with Crippen LogP contribution in [-0.2, 0) is 14.8 Å². The molecule has 142 valence electrons. The van der Waals surface area contributed by atoms with Crippen molar-refractivity contribution in [2.24, 2.45) is 0 Å². The number of hydrogen-bond donors (Lipinski definition) is 1. The molecule has 0 atom stereocenters. The Morgan fingerprint density at radius 1 is 1.11 bits per heavy atom. The van der Waals surface area contributed by atoms with E-state index in [1.54, 1.807) is 19.1 Å². The van der Waals surface area contributed by atoms with Crippen molar-refractivity contribution >= 4 is 32.5 Å². The van der Waals surface area contributed by atoms with E-state index in [1.165, 1.54) is 21.0 Å². The van der Waals surface area contributed by atoms with E-state index in [-0.39, 0.29) is 23.9 Å². The molecule has 1 aliphatic rings. The Balaban J connectivity index is 1.72. The summed E-state index contributed by atoms with van der Waals surface area (Å²) in [5, 5.41) is 0.505. The molecule has 4 rings (SSSR count). The van der Waals surface area contributed by atoms with Gasteiger partial charge in [0.05, 0.1) is 24.4 Å². The van der Waals surface area contributed by atoms with Gasteiger partial charge >= 0.3 is 0 Å². The van der Waals surface area contributed by atoms with Crippen molar-refractivity contribution in [2.75, 3.05) is 32.0 Å². The Morgan fingerprint density at radius 2 is 1.81 bits per heavy atom. The predicted molar refractivity (Wildman–Crippen MR) is 99.1 cm³/mol. The standard InChI is InChI=1S/C18H19N3O5S/c1-12-17(19)13-4-2-3-5-14(13)21(12)18(22)15-6-7-16(26-15)27(23,24)20-8-10-25-11-9-20/h2-7H,8-11,19H2,1H3. The molecule has 0 aliphatic carbocycles. The van der Waals surface area contributed by atoms with Crippen LogP contribution in [-0.4, -0.2) is 49.5 Å². The Morgan fingerprint density at radius 3 is 2.56 bits per heavy atom. The molecule has 0 radical (unpaired) electrons. The third-order valence-corrected chi connectivity index (χ3v) is 6.49. The highest BCUT2D eigenvalue weighted by Gasteiger charge is 2.30. The minimum Gasteiger partial charge on any atom is -0.438 e. The molecular weight excluding hydrogens is 370 g/mol. The van der Waals surface area contributed by atoms with Gasteiger partial charge in [-0.25, -0.2) is 8.42 Å². The zero-order chi connectivity index (χ0) is 19.2. The number of furan rings is 1. The largest absolute Gasteiger partial charge is 0.438 e. The molecule has 0 bridgehead atoms. The van der Waals surface area contributed by atoms with Gasteiger partial charge in [0, 0.05) is 24.2 Å². The summed E-state index contributed by atoms with van der Waals surface area (Å²) in [6.07, 6.45) is 0. The first-order valence-corrected chi connectivity index (χ1v) is 9.93. The summed E-state index contributed by atoms with van der Waals surface area (Å²) >= 11 is 0. The van der Waals surface area contributed by atoms with Gasteiger partial charge in [-0.3, -0.25) is 9.36 Å². The Labute approximate surface area is 156 Å². The molecule has 0 amide bonds. The molecule has 9 heteroatoms. The summed E-state index contributed by atoms with van der Waals surface area (Å²) in [5.41, 5.74) is 7.84. The van der Waals surface area contributed by atoms with E-state index in [9.17, 15) is 13.2 Å². The van der Waals surface area contributed by atoms with E-state index >= 15 is 0 Å². The van der Waals surface area contributed by atoms with Gasteiger partial charge in [-0.2, -0.15) is 4.31 Å². The lowest BCUT2D eigenvalue weighted by Gasteiger charge is -2.24. The summed E-state index contributed by atoms with van der Waals surface area (Å²) in [4.78, 5) is 13.0. The molecule has 3 heterocycles. The van der Waals surface area contributed by atoms with Crippen LogP contribution in [0.1, 0.15) is 16.2 Å².